The Hall–Kier alpha value is -2.27. The van der Waals surface area contributed by atoms with Crippen LogP contribution in [0.5, 0.6) is 5.75 Å². The predicted octanol–water partition coefficient (Wildman–Crippen LogP) is 3.84. The van der Waals surface area contributed by atoms with E-state index < -0.39 is 10.0 Å². The van der Waals surface area contributed by atoms with Crippen molar-refractivity contribution in [2.75, 3.05) is 0 Å². The molecule has 1 aromatic heterocycles. The van der Waals surface area contributed by atoms with Gasteiger partial charge in [-0.2, -0.15) is 0 Å². The van der Waals surface area contributed by atoms with E-state index in [9.17, 15) is 13.5 Å². The van der Waals surface area contributed by atoms with Crippen molar-refractivity contribution < 1.29 is 13.5 Å². The molecule has 0 aliphatic heterocycles. The number of benzene rings is 2. The van der Waals surface area contributed by atoms with Gasteiger partial charge in [-0.15, -0.1) is 0 Å². The second kappa shape index (κ2) is 5.74. The van der Waals surface area contributed by atoms with Crippen molar-refractivity contribution in [1.82, 2.24) is 3.97 Å². The number of phenolic OH excluding ortho intramolecular Hbond substituents is 1. The van der Waals surface area contributed by atoms with Crippen LogP contribution < -0.4 is 0 Å². The Morgan fingerprint density at radius 1 is 1.09 bits per heavy atom. The lowest BCUT2D eigenvalue weighted by Crippen LogP contribution is -2.11. The number of aromatic hydroxyl groups is 1. The van der Waals surface area contributed by atoms with Crippen LogP contribution in [0.1, 0.15) is 24.5 Å². The molecule has 3 aromatic rings. The highest BCUT2D eigenvalue weighted by molar-refractivity contribution is 7.90. The molecule has 3 rings (SSSR count). The molecule has 0 amide bonds. The van der Waals surface area contributed by atoms with E-state index in [-0.39, 0.29) is 10.6 Å². The first-order valence-corrected chi connectivity index (χ1v) is 9.02. The summed E-state index contributed by atoms with van der Waals surface area (Å²) in [5, 5.41) is 10.5. The lowest BCUT2D eigenvalue weighted by Gasteiger charge is -2.08. The van der Waals surface area contributed by atoms with E-state index >= 15 is 0 Å². The Kier molecular flexibility index (Phi) is 3.90. The van der Waals surface area contributed by atoms with Gasteiger partial charge in [0.1, 0.15) is 5.75 Å². The average Bonchev–Trinajstić information content (AvgIpc) is 2.87. The van der Waals surface area contributed by atoms with Crippen LogP contribution in [0.2, 0.25) is 0 Å². The molecule has 5 heteroatoms. The van der Waals surface area contributed by atoms with E-state index in [1.807, 2.05) is 13.8 Å². The van der Waals surface area contributed by atoms with Crippen molar-refractivity contribution in [1.29, 1.82) is 0 Å². The largest absolute Gasteiger partial charge is 0.508 e. The molecule has 0 atom stereocenters. The van der Waals surface area contributed by atoms with E-state index in [1.54, 1.807) is 42.6 Å². The van der Waals surface area contributed by atoms with Crippen molar-refractivity contribution in [3.8, 4) is 5.75 Å². The molecular formula is C18H19NO3S. The Labute approximate surface area is 136 Å². The minimum absolute atomic E-state index is 0.139. The minimum Gasteiger partial charge on any atom is -0.508 e. The molecule has 2 aromatic carbocycles. The SMILES string of the molecule is CCCc1cn(S(=O)(=O)c2ccc(C)cc2)c2ccc(O)cc12. The van der Waals surface area contributed by atoms with Crippen molar-refractivity contribution in [2.24, 2.45) is 0 Å². The normalized spacial score (nSPS) is 11.9. The molecule has 0 bridgehead atoms. The molecule has 23 heavy (non-hydrogen) atoms. The van der Waals surface area contributed by atoms with Crippen LogP contribution in [0.3, 0.4) is 0 Å². The maximum atomic E-state index is 13.0. The van der Waals surface area contributed by atoms with Gasteiger partial charge < -0.3 is 5.11 Å². The lowest BCUT2D eigenvalue weighted by molar-refractivity contribution is 0.476. The number of phenols is 1. The number of fused-ring (bicyclic) bond motifs is 1. The van der Waals surface area contributed by atoms with Gasteiger partial charge in [-0.05, 0) is 49.2 Å². The summed E-state index contributed by atoms with van der Waals surface area (Å²) in [4.78, 5) is 0.260. The van der Waals surface area contributed by atoms with Crippen LogP contribution in [-0.2, 0) is 16.4 Å². The number of hydrogen-bond acceptors (Lipinski definition) is 3. The average molecular weight is 329 g/mol. The summed E-state index contributed by atoms with van der Waals surface area (Å²) < 4.78 is 27.2. The standard InChI is InChI=1S/C18H19NO3S/c1-3-4-14-12-19(18-10-7-15(20)11-17(14)18)23(21,22)16-8-5-13(2)6-9-16/h5-12,20H,3-4H2,1-2H3. The van der Waals surface area contributed by atoms with Crippen LogP contribution in [0.4, 0.5) is 0 Å². The van der Waals surface area contributed by atoms with Crippen LogP contribution in [0, 0.1) is 6.92 Å². The molecule has 0 aliphatic carbocycles. The highest BCUT2D eigenvalue weighted by atomic mass is 32.2. The van der Waals surface area contributed by atoms with Crippen LogP contribution in [0.25, 0.3) is 10.9 Å². The van der Waals surface area contributed by atoms with Gasteiger partial charge in [0.05, 0.1) is 10.4 Å². The highest BCUT2D eigenvalue weighted by Crippen LogP contribution is 2.29. The summed E-state index contributed by atoms with van der Waals surface area (Å²) in [5.74, 6) is 0.139. The predicted molar refractivity (Wildman–Crippen MR) is 91.4 cm³/mol. The van der Waals surface area contributed by atoms with Crippen molar-refractivity contribution in [3.63, 3.8) is 0 Å². The Balaban J connectivity index is 2.25. The highest BCUT2D eigenvalue weighted by Gasteiger charge is 2.21. The summed E-state index contributed by atoms with van der Waals surface area (Å²) in [6.45, 7) is 3.96. The summed E-state index contributed by atoms with van der Waals surface area (Å²) >= 11 is 0. The zero-order chi connectivity index (χ0) is 16.6. The van der Waals surface area contributed by atoms with E-state index in [0.717, 1.165) is 29.4 Å². The Morgan fingerprint density at radius 2 is 1.78 bits per heavy atom. The smallest absolute Gasteiger partial charge is 0.268 e. The minimum atomic E-state index is -3.66. The van der Waals surface area contributed by atoms with E-state index in [4.69, 9.17) is 0 Å². The summed E-state index contributed by atoms with van der Waals surface area (Å²) in [6.07, 6.45) is 3.33. The molecule has 0 aliphatic rings. The van der Waals surface area contributed by atoms with E-state index in [2.05, 4.69) is 0 Å². The van der Waals surface area contributed by atoms with Gasteiger partial charge in [0.25, 0.3) is 10.0 Å². The Bertz CT molecular complexity index is 954. The van der Waals surface area contributed by atoms with Crippen molar-refractivity contribution in [2.45, 2.75) is 31.6 Å². The topological polar surface area (TPSA) is 59.3 Å². The van der Waals surface area contributed by atoms with Gasteiger partial charge in [0.2, 0.25) is 0 Å². The zero-order valence-electron chi connectivity index (χ0n) is 13.2. The van der Waals surface area contributed by atoms with Gasteiger partial charge in [-0.3, -0.25) is 0 Å². The fraction of sp³-hybridized carbons (Fsp3) is 0.222. The third-order valence-corrected chi connectivity index (χ3v) is 5.62. The number of hydrogen-bond donors (Lipinski definition) is 1. The van der Waals surface area contributed by atoms with Gasteiger partial charge in [0, 0.05) is 11.6 Å². The molecule has 0 saturated carbocycles. The second-order valence-corrected chi connectivity index (χ2v) is 7.53. The fourth-order valence-electron chi connectivity index (χ4n) is 2.75. The molecule has 1 heterocycles. The Morgan fingerprint density at radius 3 is 2.43 bits per heavy atom. The molecular weight excluding hydrogens is 310 g/mol. The molecule has 120 valence electrons. The maximum Gasteiger partial charge on any atom is 0.268 e. The molecule has 1 N–H and O–H groups in total. The lowest BCUT2D eigenvalue weighted by atomic mass is 10.1. The summed E-state index contributed by atoms with van der Waals surface area (Å²) in [7, 11) is -3.66. The number of aryl methyl sites for hydroxylation is 2. The van der Waals surface area contributed by atoms with Crippen LogP contribution in [0.15, 0.2) is 53.6 Å². The van der Waals surface area contributed by atoms with Gasteiger partial charge in [0.15, 0.2) is 0 Å². The van der Waals surface area contributed by atoms with Crippen molar-refractivity contribution >= 4 is 20.9 Å². The first-order valence-electron chi connectivity index (χ1n) is 7.58. The van der Waals surface area contributed by atoms with Gasteiger partial charge in [-0.25, -0.2) is 12.4 Å². The monoisotopic (exact) mass is 329 g/mol. The molecule has 0 fully saturated rings. The maximum absolute atomic E-state index is 13.0. The molecule has 0 unspecified atom stereocenters. The van der Waals surface area contributed by atoms with Crippen molar-refractivity contribution in [3.05, 3.63) is 59.8 Å². The third kappa shape index (κ3) is 2.72. The van der Waals surface area contributed by atoms with Crippen LogP contribution >= 0.6 is 0 Å². The van der Waals surface area contributed by atoms with Crippen LogP contribution in [-0.4, -0.2) is 17.5 Å². The summed E-state index contributed by atoms with van der Waals surface area (Å²) in [6, 6.07) is 11.6. The first-order chi connectivity index (χ1) is 10.9. The quantitative estimate of drug-likeness (QED) is 0.791. The van der Waals surface area contributed by atoms with E-state index in [1.165, 1.54) is 10.0 Å². The third-order valence-electron chi connectivity index (χ3n) is 3.93. The molecule has 4 nitrogen and oxygen atoms in total. The number of nitrogens with zero attached hydrogens (tertiary/aromatic N) is 1. The molecule has 0 spiro atoms. The second-order valence-electron chi connectivity index (χ2n) is 5.72. The number of rotatable bonds is 4. The molecule has 0 radical (unpaired) electrons. The van der Waals surface area contributed by atoms with Gasteiger partial charge >= 0.3 is 0 Å². The fourth-order valence-corrected chi connectivity index (χ4v) is 4.14. The first kappa shape index (κ1) is 15.6. The van der Waals surface area contributed by atoms with Gasteiger partial charge in [-0.1, -0.05) is 31.0 Å². The zero-order valence-corrected chi connectivity index (χ0v) is 14.0. The summed E-state index contributed by atoms with van der Waals surface area (Å²) in [5.41, 5.74) is 2.53. The molecule has 0 saturated heterocycles. The number of aromatic nitrogens is 1. The van der Waals surface area contributed by atoms with E-state index in [0.29, 0.717) is 5.52 Å².